The molecule has 2 aromatic rings. The molecular formula is C12H4BBrF6O6S2. The van der Waals surface area contributed by atoms with E-state index < -0.39 is 59.0 Å². The summed E-state index contributed by atoms with van der Waals surface area (Å²) < 4.78 is 128. The highest BCUT2D eigenvalue weighted by molar-refractivity contribution is 9.10. The van der Waals surface area contributed by atoms with E-state index in [1.165, 1.54) is 0 Å². The van der Waals surface area contributed by atoms with Crippen LogP contribution in [-0.4, -0.2) is 35.7 Å². The van der Waals surface area contributed by atoms with Crippen LogP contribution in [0.3, 0.4) is 0 Å². The van der Waals surface area contributed by atoms with Gasteiger partial charge in [-0.1, -0.05) is 17.6 Å². The van der Waals surface area contributed by atoms with E-state index in [1.807, 2.05) is 0 Å². The lowest BCUT2D eigenvalue weighted by Crippen LogP contribution is -2.30. The number of hydrogen-bond donors (Lipinski definition) is 0. The molecule has 0 aromatic heterocycles. The van der Waals surface area contributed by atoms with E-state index >= 15 is 0 Å². The molecule has 0 amide bonds. The molecule has 0 heterocycles. The summed E-state index contributed by atoms with van der Waals surface area (Å²) in [6.07, 6.45) is 0. The van der Waals surface area contributed by atoms with E-state index in [9.17, 15) is 43.2 Å². The van der Waals surface area contributed by atoms with Gasteiger partial charge in [0.2, 0.25) is 0 Å². The van der Waals surface area contributed by atoms with Gasteiger partial charge in [0.25, 0.3) is 0 Å². The molecule has 0 N–H and O–H groups in total. The van der Waals surface area contributed by atoms with Crippen LogP contribution in [0, 0.1) is 0 Å². The Balaban J connectivity index is 2.74. The Morgan fingerprint density at radius 2 is 1.14 bits per heavy atom. The first-order chi connectivity index (χ1) is 12.5. The first-order valence-corrected chi connectivity index (χ1v) is 10.1. The zero-order valence-corrected chi connectivity index (χ0v) is 16.0. The first-order valence-electron chi connectivity index (χ1n) is 6.50. The predicted molar refractivity (Wildman–Crippen MR) is 88.2 cm³/mol. The Hall–Kier alpha value is -1.68. The number of alkyl halides is 6. The van der Waals surface area contributed by atoms with E-state index in [4.69, 9.17) is 7.85 Å². The second-order valence-electron chi connectivity index (χ2n) is 4.92. The summed E-state index contributed by atoms with van der Waals surface area (Å²) in [7, 11) is -6.91. The number of hydrogen-bond acceptors (Lipinski definition) is 6. The number of fused-ring (bicyclic) bond motifs is 1. The van der Waals surface area contributed by atoms with Gasteiger partial charge in [-0.25, -0.2) is 0 Å². The normalized spacial score (nSPS) is 13.5. The second kappa shape index (κ2) is 6.98. The molecule has 0 aliphatic rings. The van der Waals surface area contributed by atoms with Gasteiger partial charge in [0.15, 0.2) is 5.75 Å². The highest BCUT2D eigenvalue weighted by Gasteiger charge is 2.50. The van der Waals surface area contributed by atoms with E-state index in [2.05, 4.69) is 24.3 Å². The molecule has 0 aliphatic carbocycles. The average Bonchev–Trinajstić information content (AvgIpc) is 2.50. The molecule has 16 heteroatoms. The lowest BCUT2D eigenvalue weighted by atomic mass is 9.92. The summed E-state index contributed by atoms with van der Waals surface area (Å²) in [5.74, 6) is -2.04. The first kappa shape index (κ1) is 22.6. The van der Waals surface area contributed by atoms with E-state index in [0.717, 1.165) is 24.3 Å². The van der Waals surface area contributed by atoms with Crippen LogP contribution < -0.4 is 13.8 Å². The minimum Gasteiger partial charge on any atom is -0.376 e. The fourth-order valence-electron chi connectivity index (χ4n) is 1.83. The Kier molecular flexibility index (Phi) is 5.64. The summed E-state index contributed by atoms with van der Waals surface area (Å²) >= 11 is 2.75. The molecule has 0 bridgehead atoms. The number of halogens is 7. The molecule has 0 unspecified atom stereocenters. The molecule has 152 valence electrons. The molecule has 28 heavy (non-hydrogen) atoms. The van der Waals surface area contributed by atoms with E-state index in [-0.39, 0.29) is 4.47 Å². The van der Waals surface area contributed by atoms with Crippen molar-refractivity contribution in [3.05, 3.63) is 28.7 Å². The predicted octanol–water partition coefficient (Wildman–Crippen LogP) is 2.85. The van der Waals surface area contributed by atoms with Crippen molar-refractivity contribution in [1.29, 1.82) is 0 Å². The fraction of sp³-hybridized carbons (Fsp3) is 0.167. The van der Waals surface area contributed by atoms with Crippen LogP contribution >= 0.6 is 15.9 Å². The topological polar surface area (TPSA) is 86.7 Å². The third kappa shape index (κ3) is 4.17. The molecule has 2 rings (SSSR count). The van der Waals surface area contributed by atoms with Crippen molar-refractivity contribution < 1.29 is 51.5 Å². The highest BCUT2D eigenvalue weighted by atomic mass is 79.9. The zero-order chi connectivity index (χ0) is 21.7. The van der Waals surface area contributed by atoms with Gasteiger partial charge >= 0.3 is 31.3 Å². The molecular weight excluding hydrogens is 509 g/mol. The molecule has 2 radical (unpaired) electrons. The van der Waals surface area contributed by atoms with Crippen LogP contribution in [0.4, 0.5) is 26.3 Å². The Labute approximate surface area is 163 Å². The lowest BCUT2D eigenvalue weighted by Gasteiger charge is -2.17. The van der Waals surface area contributed by atoms with Crippen LogP contribution in [0.5, 0.6) is 11.5 Å². The van der Waals surface area contributed by atoms with Crippen molar-refractivity contribution in [2.45, 2.75) is 11.0 Å². The van der Waals surface area contributed by atoms with Crippen LogP contribution in [0.25, 0.3) is 10.8 Å². The van der Waals surface area contributed by atoms with Crippen molar-refractivity contribution >= 4 is 60.2 Å². The van der Waals surface area contributed by atoms with Gasteiger partial charge in [-0.15, -0.1) is 0 Å². The number of benzene rings is 2. The van der Waals surface area contributed by atoms with Gasteiger partial charge in [0, 0.05) is 10.8 Å². The molecule has 6 nitrogen and oxygen atoms in total. The standard InChI is InChI=1S/C12H4BBrF6O6S2/c13-7-3-1-6-5(9(7)25-27(21,22)11(15,16)17)2-4-8(14)10(6)26-28(23,24)12(18,19)20/h1-4H. The van der Waals surface area contributed by atoms with E-state index in [1.54, 1.807) is 0 Å². The SMILES string of the molecule is [B]c1ccc2c(OS(=O)(=O)C(F)(F)F)c(Br)ccc2c1OS(=O)(=O)C(F)(F)F. The van der Waals surface area contributed by atoms with Gasteiger partial charge < -0.3 is 8.37 Å². The molecule has 0 aliphatic heterocycles. The molecule has 0 fully saturated rings. The quantitative estimate of drug-likeness (QED) is 0.271. The van der Waals surface area contributed by atoms with Crippen molar-refractivity contribution in [2.24, 2.45) is 0 Å². The van der Waals surface area contributed by atoms with Gasteiger partial charge in [0.1, 0.15) is 13.6 Å². The fourth-order valence-corrected chi connectivity index (χ4v) is 3.36. The van der Waals surface area contributed by atoms with Gasteiger partial charge in [-0.2, -0.15) is 43.2 Å². The third-order valence-electron chi connectivity index (χ3n) is 3.04. The summed E-state index contributed by atoms with van der Waals surface area (Å²) in [6, 6.07) is 3.53. The van der Waals surface area contributed by atoms with Gasteiger partial charge in [0.05, 0.1) is 4.47 Å². The molecule has 0 atom stereocenters. The van der Waals surface area contributed by atoms with Crippen LogP contribution in [0.2, 0.25) is 0 Å². The lowest BCUT2D eigenvalue weighted by molar-refractivity contribution is -0.0504. The largest absolute Gasteiger partial charge is 0.534 e. The van der Waals surface area contributed by atoms with E-state index in [0.29, 0.717) is 0 Å². The summed E-state index contributed by atoms with van der Waals surface area (Å²) in [6.45, 7) is 0. The third-order valence-corrected chi connectivity index (χ3v) is 5.57. The maximum Gasteiger partial charge on any atom is 0.534 e. The van der Waals surface area contributed by atoms with Crippen molar-refractivity contribution in [2.75, 3.05) is 0 Å². The molecule has 0 saturated heterocycles. The maximum atomic E-state index is 12.6. The van der Waals surface area contributed by atoms with Crippen LogP contribution in [0.1, 0.15) is 0 Å². The van der Waals surface area contributed by atoms with Gasteiger partial charge in [-0.05, 0) is 28.1 Å². The van der Waals surface area contributed by atoms with Crippen molar-refractivity contribution in [3.63, 3.8) is 0 Å². The summed E-state index contributed by atoms with van der Waals surface area (Å²) in [5, 5.41) is -1.08. The van der Waals surface area contributed by atoms with Crippen LogP contribution in [0.15, 0.2) is 28.7 Å². The molecule has 0 spiro atoms. The minimum absolute atomic E-state index is 0.331. The number of rotatable bonds is 4. The van der Waals surface area contributed by atoms with Gasteiger partial charge in [-0.3, -0.25) is 0 Å². The average molecular weight is 513 g/mol. The smallest absolute Gasteiger partial charge is 0.376 e. The van der Waals surface area contributed by atoms with Crippen LogP contribution in [-0.2, 0) is 20.2 Å². The second-order valence-corrected chi connectivity index (χ2v) is 8.85. The Morgan fingerprint density at radius 1 is 0.750 bits per heavy atom. The van der Waals surface area contributed by atoms with Crippen molar-refractivity contribution in [3.8, 4) is 11.5 Å². The summed E-state index contributed by atoms with van der Waals surface area (Å²) in [4.78, 5) is 0. The monoisotopic (exact) mass is 512 g/mol. The summed E-state index contributed by atoms with van der Waals surface area (Å²) in [5.41, 5.74) is -12.2. The zero-order valence-electron chi connectivity index (χ0n) is 12.8. The Bertz CT molecular complexity index is 1050. The molecule has 0 saturated carbocycles. The minimum atomic E-state index is -6.18. The highest BCUT2D eigenvalue weighted by Crippen LogP contribution is 2.40. The Morgan fingerprint density at radius 3 is 1.61 bits per heavy atom. The maximum absolute atomic E-state index is 12.6. The van der Waals surface area contributed by atoms with Crippen molar-refractivity contribution in [1.82, 2.24) is 0 Å². The molecule has 2 aromatic carbocycles.